The maximum atomic E-state index is 11.4. The van der Waals surface area contributed by atoms with Crippen LogP contribution in [0, 0.1) is 0 Å². The lowest BCUT2D eigenvalue weighted by Gasteiger charge is -2.16. The summed E-state index contributed by atoms with van der Waals surface area (Å²) in [7, 11) is 0. The van der Waals surface area contributed by atoms with Gasteiger partial charge in [0, 0.05) is 0 Å². The van der Waals surface area contributed by atoms with Gasteiger partial charge in [-0.05, 0) is 6.42 Å². The molecule has 0 aromatic rings. The molecule has 92 valence electrons. The third-order valence-electron chi connectivity index (χ3n) is 1.95. The summed E-state index contributed by atoms with van der Waals surface area (Å²) in [5.74, 6) is -2.51. The molecule has 0 spiro atoms. The monoisotopic (exact) mass is 231 g/mol. The SMILES string of the molecule is CCC[C@H](NC(=O)[C@@H](N)CC(N)=O)C(=O)O. The molecule has 0 saturated heterocycles. The molecule has 0 aliphatic rings. The van der Waals surface area contributed by atoms with Crippen LogP contribution >= 0.6 is 0 Å². The normalized spacial score (nSPS) is 13.9. The van der Waals surface area contributed by atoms with Crippen LogP contribution in [-0.2, 0) is 14.4 Å². The molecule has 0 aliphatic carbocycles. The Morgan fingerprint density at radius 1 is 1.38 bits per heavy atom. The summed E-state index contributed by atoms with van der Waals surface area (Å²) in [6.07, 6.45) is 0.622. The number of aliphatic carboxylic acids is 1. The average molecular weight is 231 g/mol. The van der Waals surface area contributed by atoms with Gasteiger partial charge in [-0.2, -0.15) is 0 Å². The second kappa shape index (κ2) is 6.78. The molecule has 16 heavy (non-hydrogen) atoms. The Hall–Kier alpha value is -1.63. The van der Waals surface area contributed by atoms with E-state index < -0.39 is 29.9 Å². The molecular formula is C9H17N3O4. The molecule has 0 aromatic carbocycles. The Balaban J connectivity index is 4.28. The van der Waals surface area contributed by atoms with Gasteiger partial charge >= 0.3 is 5.97 Å². The van der Waals surface area contributed by atoms with Crippen molar-refractivity contribution in [3.63, 3.8) is 0 Å². The summed E-state index contributed by atoms with van der Waals surface area (Å²) >= 11 is 0. The summed E-state index contributed by atoms with van der Waals surface area (Å²) in [5.41, 5.74) is 10.2. The van der Waals surface area contributed by atoms with E-state index in [-0.39, 0.29) is 6.42 Å². The third-order valence-corrected chi connectivity index (χ3v) is 1.95. The Morgan fingerprint density at radius 2 is 1.94 bits per heavy atom. The first kappa shape index (κ1) is 14.4. The number of amides is 2. The molecule has 0 aliphatic heterocycles. The Labute approximate surface area is 93.2 Å². The van der Waals surface area contributed by atoms with Crippen LogP contribution in [0.25, 0.3) is 0 Å². The van der Waals surface area contributed by atoms with Crippen molar-refractivity contribution in [2.24, 2.45) is 11.5 Å². The molecule has 7 nitrogen and oxygen atoms in total. The van der Waals surface area contributed by atoms with Crippen LogP contribution in [0.2, 0.25) is 0 Å². The van der Waals surface area contributed by atoms with Crippen LogP contribution < -0.4 is 16.8 Å². The fourth-order valence-corrected chi connectivity index (χ4v) is 1.13. The third kappa shape index (κ3) is 5.30. The predicted molar refractivity (Wildman–Crippen MR) is 56.3 cm³/mol. The lowest BCUT2D eigenvalue weighted by molar-refractivity contribution is -0.142. The van der Waals surface area contributed by atoms with E-state index in [4.69, 9.17) is 16.6 Å². The summed E-state index contributed by atoms with van der Waals surface area (Å²) in [6, 6.07) is -2.08. The van der Waals surface area contributed by atoms with Crippen LogP contribution in [0.3, 0.4) is 0 Å². The van der Waals surface area contributed by atoms with E-state index in [1.807, 2.05) is 0 Å². The van der Waals surface area contributed by atoms with Gasteiger partial charge in [-0.15, -0.1) is 0 Å². The summed E-state index contributed by atoms with van der Waals surface area (Å²) in [5, 5.41) is 11.0. The van der Waals surface area contributed by atoms with Crippen molar-refractivity contribution in [3.8, 4) is 0 Å². The summed E-state index contributed by atoms with van der Waals surface area (Å²) in [4.78, 5) is 32.6. The minimum absolute atomic E-state index is 0.301. The van der Waals surface area contributed by atoms with Crippen molar-refractivity contribution in [1.29, 1.82) is 0 Å². The van der Waals surface area contributed by atoms with Gasteiger partial charge in [0.05, 0.1) is 12.5 Å². The predicted octanol–water partition coefficient (Wildman–Crippen LogP) is -1.44. The van der Waals surface area contributed by atoms with Crippen LogP contribution in [0.5, 0.6) is 0 Å². The zero-order valence-electron chi connectivity index (χ0n) is 9.10. The largest absolute Gasteiger partial charge is 0.480 e. The number of hydrogen-bond donors (Lipinski definition) is 4. The first-order valence-electron chi connectivity index (χ1n) is 4.95. The standard InChI is InChI=1S/C9H17N3O4/c1-2-3-6(9(15)16)12-8(14)5(10)4-7(11)13/h5-6H,2-4,10H2,1H3,(H2,11,13)(H,12,14)(H,15,16)/t5-,6-/m0/s1. The lowest BCUT2D eigenvalue weighted by Crippen LogP contribution is -2.49. The van der Waals surface area contributed by atoms with Gasteiger partial charge < -0.3 is 21.9 Å². The smallest absolute Gasteiger partial charge is 0.326 e. The highest BCUT2D eigenvalue weighted by atomic mass is 16.4. The van der Waals surface area contributed by atoms with Crippen LogP contribution in [0.15, 0.2) is 0 Å². The van der Waals surface area contributed by atoms with Gasteiger partial charge in [-0.25, -0.2) is 4.79 Å². The molecule has 0 radical (unpaired) electrons. The number of hydrogen-bond acceptors (Lipinski definition) is 4. The summed E-state index contributed by atoms with van der Waals surface area (Å²) < 4.78 is 0. The fraction of sp³-hybridized carbons (Fsp3) is 0.667. The van der Waals surface area contributed by atoms with E-state index in [2.05, 4.69) is 5.32 Å². The van der Waals surface area contributed by atoms with Gasteiger partial charge in [0.2, 0.25) is 11.8 Å². The van der Waals surface area contributed by atoms with E-state index in [9.17, 15) is 14.4 Å². The van der Waals surface area contributed by atoms with E-state index >= 15 is 0 Å². The van der Waals surface area contributed by atoms with E-state index in [1.54, 1.807) is 6.92 Å². The van der Waals surface area contributed by atoms with Crippen molar-refractivity contribution >= 4 is 17.8 Å². The van der Waals surface area contributed by atoms with E-state index in [0.717, 1.165) is 0 Å². The topological polar surface area (TPSA) is 136 Å². The first-order valence-corrected chi connectivity index (χ1v) is 4.95. The van der Waals surface area contributed by atoms with Crippen LogP contribution in [0.1, 0.15) is 26.2 Å². The van der Waals surface area contributed by atoms with Crippen LogP contribution in [0.4, 0.5) is 0 Å². The Kier molecular flexibility index (Phi) is 6.09. The first-order chi connectivity index (χ1) is 7.38. The fourth-order valence-electron chi connectivity index (χ4n) is 1.13. The van der Waals surface area contributed by atoms with Gasteiger partial charge in [0.25, 0.3) is 0 Å². The molecule has 0 fully saturated rings. The van der Waals surface area contributed by atoms with E-state index in [1.165, 1.54) is 0 Å². The zero-order valence-corrected chi connectivity index (χ0v) is 9.10. The van der Waals surface area contributed by atoms with Crippen molar-refractivity contribution in [3.05, 3.63) is 0 Å². The highest BCUT2D eigenvalue weighted by Gasteiger charge is 2.23. The Bertz CT molecular complexity index is 280. The number of carboxylic acid groups (broad SMARTS) is 1. The maximum absolute atomic E-state index is 11.4. The molecule has 0 unspecified atom stereocenters. The lowest BCUT2D eigenvalue weighted by atomic mass is 10.1. The molecular weight excluding hydrogens is 214 g/mol. The second-order valence-corrected chi connectivity index (χ2v) is 3.47. The highest BCUT2D eigenvalue weighted by molar-refractivity contribution is 5.90. The van der Waals surface area contributed by atoms with Gasteiger partial charge in [0.1, 0.15) is 6.04 Å². The van der Waals surface area contributed by atoms with Gasteiger partial charge in [-0.1, -0.05) is 13.3 Å². The summed E-state index contributed by atoms with van der Waals surface area (Å²) in [6.45, 7) is 1.80. The van der Waals surface area contributed by atoms with Gasteiger partial charge in [0.15, 0.2) is 0 Å². The minimum Gasteiger partial charge on any atom is -0.480 e. The number of nitrogens with one attached hydrogen (secondary N) is 1. The number of primary amides is 1. The van der Waals surface area contributed by atoms with Crippen molar-refractivity contribution in [2.75, 3.05) is 0 Å². The number of rotatable bonds is 7. The molecule has 0 heterocycles. The van der Waals surface area contributed by atoms with E-state index in [0.29, 0.717) is 12.8 Å². The molecule has 2 atom stereocenters. The molecule has 0 aromatic heterocycles. The van der Waals surface area contributed by atoms with Crippen molar-refractivity contribution in [2.45, 2.75) is 38.3 Å². The molecule has 6 N–H and O–H groups in total. The number of carbonyl (C=O) groups excluding carboxylic acids is 2. The molecule has 0 bridgehead atoms. The average Bonchev–Trinajstić information content (AvgIpc) is 2.15. The van der Waals surface area contributed by atoms with Crippen molar-refractivity contribution in [1.82, 2.24) is 5.32 Å². The number of carbonyl (C=O) groups is 3. The maximum Gasteiger partial charge on any atom is 0.326 e. The quantitative estimate of drug-likeness (QED) is 0.425. The molecule has 7 heteroatoms. The molecule has 0 saturated carbocycles. The zero-order chi connectivity index (χ0) is 12.7. The second-order valence-electron chi connectivity index (χ2n) is 3.47. The van der Waals surface area contributed by atoms with Crippen LogP contribution in [-0.4, -0.2) is 35.0 Å². The molecule has 2 amide bonds. The minimum atomic E-state index is -1.12. The molecule has 0 rings (SSSR count). The number of nitrogens with two attached hydrogens (primary N) is 2. The Morgan fingerprint density at radius 3 is 2.31 bits per heavy atom. The highest BCUT2D eigenvalue weighted by Crippen LogP contribution is 1.98. The van der Waals surface area contributed by atoms with Gasteiger partial charge in [-0.3, -0.25) is 9.59 Å². The number of carboxylic acids is 1. The van der Waals surface area contributed by atoms with Crippen molar-refractivity contribution < 1.29 is 19.5 Å².